The predicted octanol–water partition coefficient (Wildman–Crippen LogP) is 0.520. The summed E-state index contributed by atoms with van der Waals surface area (Å²) in [5.41, 5.74) is 5.42. The van der Waals surface area contributed by atoms with Crippen molar-refractivity contribution in [1.29, 1.82) is 0 Å². The van der Waals surface area contributed by atoms with E-state index in [-0.39, 0.29) is 10.8 Å². The zero-order valence-corrected chi connectivity index (χ0v) is 10.3. The summed E-state index contributed by atoms with van der Waals surface area (Å²) in [6.07, 6.45) is 2.47. The summed E-state index contributed by atoms with van der Waals surface area (Å²) in [6.45, 7) is 0. The van der Waals surface area contributed by atoms with Gasteiger partial charge in [-0.1, -0.05) is 6.07 Å². The molecule has 17 heavy (non-hydrogen) atoms. The second-order valence-corrected chi connectivity index (χ2v) is 6.43. The Bertz CT molecular complexity index is 562. The third-order valence-electron chi connectivity index (χ3n) is 2.76. The van der Waals surface area contributed by atoms with Crippen molar-refractivity contribution < 1.29 is 13.2 Å². The Morgan fingerprint density at radius 3 is 2.59 bits per heavy atom. The molecule has 1 saturated carbocycles. The summed E-state index contributed by atoms with van der Waals surface area (Å²) in [5, 5.41) is 2.63. The number of nitrogens with one attached hydrogen (secondary N) is 1. The summed E-state index contributed by atoms with van der Waals surface area (Å²) in [4.78, 5) is 11.8. The molecule has 3 N–H and O–H groups in total. The molecule has 1 aliphatic carbocycles. The Kier molecular flexibility index (Phi) is 2.71. The van der Waals surface area contributed by atoms with Crippen LogP contribution in [0, 0.1) is 0 Å². The first-order valence-electron chi connectivity index (χ1n) is 5.22. The topological polar surface area (TPSA) is 89.3 Å². The maximum absolute atomic E-state index is 11.7. The van der Waals surface area contributed by atoms with Crippen LogP contribution in [-0.4, -0.2) is 26.1 Å². The number of nitrogens with two attached hydrogens (primary N) is 1. The van der Waals surface area contributed by atoms with Crippen LogP contribution in [0.5, 0.6) is 0 Å². The molecule has 0 unspecified atom stereocenters. The Hall–Kier alpha value is -1.40. The highest BCUT2D eigenvalue weighted by atomic mass is 32.2. The summed E-state index contributed by atoms with van der Waals surface area (Å²) in [7, 11) is -3.26. The van der Waals surface area contributed by atoms with Gasteiger partial charge in [0.05, 0.1) is 10.4 Å². The zero-order valence-electron chi connectivity index (χ0n) is 9.43. The molecular weight excluding hydrogens is 240 g/mol. The van der Waals surface area contributed by atoms with Crippen molar-refractivity contribution in [2.75, 3.05) is 11.6 Å². The molecule has 2 rings (SSSR count). The first kappa shape index (κ1) is 12.1. The molecular formula is C11H14N2O3S. The number of amides is 1. The number of rotatable bonds is 3. The number of sulfone groups is 1. The van der Waals surface area contributed by atoms with E-state index in [0.29, 0.717) is 18.5 Å². The van der Waals surface area contributed by atoms with Crippen LogP contribution in [0.25, 0.3) is 0 Å². The van der Waals surface area contributed by atoms with E-state index in [4.69, 9.17) is 5.73 Å². The third kappa shape index (κ3) is 2.65. The lowest BCUT2D eigenvalue weighted by molar-refractivity contribution is -0.118. The maximum Gasteiger partial charge on any atom is 0.244 e. The second-order valence-electron chi connectivity index (χ2n) is 4.41. The number of benzene rings is 1. The SMILES string of the molecule is CS(=O)(=O)c1cccc(NC(=O)C2(N)CC2)c1. The molecule has 1 aliphatic rings. The predicted molar refractivity (Wildman–Crippen MR) is 64.3 cm³/mol. The molecule has 0 heterocycles. The molecule has 5 nitrogen and oxygen atoms in total. The van der Waals surface area contributed by atoms with Gasteiger partial charge in [0.1, 0.15) is 0 Å². The van der Waals surface area contributed by atoms with E-state index in [0.717, 1.165) is 6.26 Å². The minimum Gasteiger partial charge on any atom is -0.324 e. The van der Waals surface area contributed by atoms with Crippen molar-refractivity contribution in [3.63, 3.8) is 0 Å². The zero-order chi connectivity index (χ0) is 12.7. The highest BCUT2D eigenvalue weighted by Gasteiger charge is 2.45. The fourth-order valence-corrected chi connectivity index (χ4v) is 2.09. The van der Waals surface area contributed by atoms with Gasteiger partial charge in [-0.15, -0.1) is 0 Å². The monoisotopic (exact) mass is 254 g/mol. The number of hydrogen-bond donors (Lipinski definition) is 2. The van der Waals surface area contributed by atoms with E-state index in [1.807, 2.05) is 0 Å². The van der Waals surface area contributed by atoms with Crippen LogP contribution in [0.2, 0.25) is 0 Å². The summed E-state index contributed by atoms with van der Waals surface area (Å²) >= 11 is 0. The Morgan fingerprint density at radius 1 is 1.41 bits per heavy atom. The average Bonchev–Trinajstić information content (AvgIpc) is 2.97. The van der Waals surface area contributed by atoms with Crippen LogP contribution >= 0.6 is 0 Å². The number of anilines is 1. The molecule has 0 aliphatic heterocycles. The Labute approximate surface area is 99.9 Å². The second kappa shape index (κ2) is 3.82. The van der Waals surface area contributed by atoms with Crippen LogP contribution in [0.1, 0.15) is 12.8 Å². The highest BCUT2D eigenvalue weighted by molar-refractivity contribution is 7.90. The third-order valence-corrected chi connectivity index (χ3v) is 3.87. The standard InChI is InChI=1S/C11H14N2O3S/c1-17(15,16)9-4-2-3-8(7-9)13-10(14)11(12)5-6-11/h2-4,7H,5-6,12H2,1H3,(H,13,14). The van der Waals surface area contributed by atoms with Crippen LogP contribution in [-0.2, 0) is 14.6 Å². The van der Waals surface area contributed by atoms with Gasteiger partial charge >= 0.3 is 0 Å². The molecule has 1 aromatic rings. The van der Waals surface area contributed by atoms with Crippen LogP contribution in [0.3, 0.4) is 0 Å². The first-order chi connectivity index (χ1) is 7.81. The first-order valence-corrected chi connectivity index (χ1v) is 7.11. The molecule has 1 fully saturated rings. The van der Waals surface area contributed by atoms with Crippen molar-refractivity contribution in [3.8, 4) is 0 Å². The number of hydrogen-bond acceptors (Lipinski definition) is 4. The lowest BCUT2D eigenvalue weighted by Gasteiger charge is -2.10. The van der Waals surface area contributed by atoms with Gasteiger partial charge in [0, 0.05) is 11.9 Å². The van der Waals surface area contributed by atoms with Crippen LogP contribution in [0.15, 0.2) is 29.2 Å². The smallest absolute Gasteiger partial charge is 0.244 e. The van der Waals surface area contributed by atoms with E-state index in [1.165, 1.54) is 12.1 Å². The molecule has 1 aromatic carbocycles. The van der Waals surface area contributed by atoms with Crippen LogP contribution in [0.4, 0.5) is 5.69 Å². The van der Waals surface area contributed by atoms with Gasteiger partial charge in [0.15, 0.2) is 9.84 Å². The van der Waals surface area contributed by atoms with Gasteiger partial charge in [-0.3, -0.25) is 4.79 Å². The van der Waals surface area contributed by atoms with Gasteiger partial charge in [0.25, 0.3) is 0 Å². The Balaban J connectivity index is 2.20. The van der Waals surface area contributed by atoms with E-state index in [9.17, 15) is 13.2 Å². The van der Waals surface area contributed by atoms with Crippen molar-refractivity contribution >= 4 is 21.4 Å². The molecule has 0 aromatic heterocycles. The van der Waals surface area contributed by atoms with Crippen LogP contribution < -0.4 is 11.1 Å². The van der Waals surface area contributed by atoms with Gasteiger partial charge in [-0.2, -0.15) is 0 Å². The maximum atomic E-state index is 11.7. The van der Waals surface area contributed by atoms with Gasteiger partial charge in [0.2, 0.25) is 5.91 Å². The molecule has 1 amide bonds. The van der Waals surface area contributed by atoms with E-state index >= 15 is 0 Å². The van der Waals surface area contributed by atoms with Gasteiger partial charge < -0.3 is 11.1 Å². The van der Waals surface area contributed by atoms with Crippen molar-refractivity contribution in [1.82, 2.24) is 0 Å². The molecule has 0 bridgehead atoms. The quantitative estimate of drug-likeness (QED) is 0.823. The van der Waals surface area contributed by atoms with Crippen molar-refractivity contribution in [2.24, 2.45) is 5.73 Å². The number of carbonyl (C=O) groups is 1. The highest BCUT2D eigenvalue weighted by Crippen LogP contribution is 2.33. The van der Waals surface area contributed by atoms with Gasteiger partial charge in [-0.05, 0) is 31.0 Å². The fraction of sp³-hybridized carbons (Fsp3) is 0.364. The molecule has 6 heteroatoms. The lowest BCUT2D eigenvalue weighted by Crippen LogP contribution is -2.37. The van der Waals surface area contributed by atoms with Crippen molar-refractivity contribution in [2.45, 2.75) is 23.3 Å². The summed E-state index contributed by atoms with van der Waals surface area (Å²) in [5.74, 6) is -0.261. The number of carbonyl (C=O) groups excluding carboxylic acids is 1. The van der Waals surface area contributed by atoms with E-state index in [2.05, 4.69) is 5.32 Å². The van der Waals surface area contributed by atoms with Crippen molar-refractivity contribution in [3.05, 3.63) is 24.3 Å². The molecule has 92 valence electrons. The molecule has 0 atom stereocenters. The normalized spacial score (nSPS) is 17.5. The van der Waals surface area contributed by atoms with Gasteiger partial charge in [-0.25, -0.2) is 8.42 Å². The van der Waals surface area contributed by atoms with E-state index < -0.39 is 15.4 Å². The lowest BCUT2D eigenvalue weighted by atomic mass is 10.2. The summed E-state index contributed by atoms with van der Waals surface area (Å²) < 4.78 is 22.7. The largest absolute Gasteiger partial charge is 0.324 e. The molecule has 0 radical (unpaired) electrons. The Morgan fingerprint density at radius 2 is 2.06 bits per heavy atom. The minimum atomic E-state index is -3.26. The fourth-order valence-electron chi connectivity index (χ4n) is 1.42. The summed E-state index contributed by atoms with van der Waals surface area (Å²) in [6, 6.07) is 6.14. The minimum absolute atomic E-state index is 0.178. The molecule has 0 spiro atoms. The average molecular weight is 254 g/mol. The van der Waals surface area contributed by atoms with E-state index in [1.54, 1.807) is 12.1 Å². The molecule has 0 saturated heterocycles.